The van der Waals surface area contributed by atoms with Gasteiger partial charge in [0.1, 0.15) is 0 Å². The number of nitrogens with one attached hydrogen (secondary N) is 1. The molecule has 5 heteroatoms. The fourth-order valence-electron chi connectivity index (χ4n) is 1.64. The normalized spacial score (nSPS) is 11.9. The molecule has 4 nitrogen and oxygen atoms in total. The third-order valence-electron chi connectivity index (χ3n) is 2.62. The van der Waals surface area contributed by atoms with Gasteiger partial charge in [0.15, 0.2) is 0 Å². The van der Waals surface area contributed by atoms with Crippen LogP contribution in [-0.4, -0.2) is 18.0 Å². The van der Waals surface area contributed by atoms with Gasteiger partial charge in [-0.1, -0.05) is 19.6 Å². The van der Waals surface area contributed by atoms with Crippen LogP contribution in [0.3, 0.4) is 0 Å². The number of nitrogens with zero attached hydrogens (tertiary/aromatic N) is 1. The first kappa shape index (κ1) is 10.9. The molecular weight excluding hydrogens is 220 g/mol. The Hall–Kier alpha value is -1.62. The molecule has 84 valence electrons. The van der Waals surface area contributed by atoms with Crippen LogP contribution < -0.4 is 5.32 Å². The second-order valence-corrected chi connectivity index (χ2v) is 10.0. The fourth-order valence-corrected chi connectivity index (χ4v) is 2.74. The van der Waals surface area contributed by atoms with E-state index < -0.39 is 8.07 Å². The number of aromatic nitrogens is 1. The van der Waals surface area contributed by atoms with Crippen molar-refractivity contribution in [3.63, 3.8) is 0 Å². The van der Waals surface area contributed by atoms with E-state index in [1.54, 1.807) is 12.1 Å². The van der Waals surface area contributed by atoms with Crippen molar-refractivity contribution in [2.45, 2.75) is 19.6 Å². The van der Waals surface area contributed by atoms with Crippen LogP contribution >= 0.6 is 0 Å². The number of H-pyrrole nitrogens is 1. The molecule has 0 saturated carbocycles. The Labute approximate surface area is 94.5 Å². The Morgan fingerprint density at radius 3 is 2.50 bits per heavy atom. The van der Waals surface area contributed by atoms with Gasteiger partial charge in [-0.3, -0.25) is 10.1 Å². The first-order valence-corrected chi connectivity index (χ1v) is 8.65. The van der Waals surface area contributed by atoms with E-state index in [1.165, 1.54) is 11.4 Å². The highest BCUT2D eigenvalue weighted by molar-refractivity contribution is 6.88. The highest BCUT2D eigenvalue weighted by atomic mass is 28.3. The average molecular weight is 234 g/mol. The first-order valence-electron chi connectivity index (χ1n) is 5.15. The smallest absolute Gasteiger partial charge is 0.270 e. The molecule has 1 heterocycles. The van der Waals surface area contributed by atoms with Gasteiger partial charge in [-0.25, -0.2) is 0 Å². The van der Waals surface area contributed by atoms with Crippen LogP contribution in [0.4, 0.5) is 5.69 Å². The van der Waals surface area contributed by atoms with Crippen LogP contribution in [0, 0.1) is 10.1 Å². The SMILES string of the molecule is C[Si](C)(C)c1cc2cc([N+](=O)[O-])ccc2[nH]1. The van der Waals surface area contributed by atoms with Gasteiger partial charge < -0.3 is 4.98 Å². The number of fused-ring (bicyclic) bond motifs is 1. The van der Waals surface area contributed by atoms with Crippen molar-refractivity contribution < 1.29 is 4.92 Å². The summed E-state index contributed by atoms with van der Waals surface area (Å²) in [5.74, 6) is 0. The zero-order chi connectivity index (χ0) is 11.9. The van der Waals surface area contributed by atoms with Gasteiger partial charge in [-0.2, -0.15) is 0 Å². The second-order valence-electron chi connectivity index (χ2n) is 4.96. The molecule has 0 spiro atoms. The molecule has 1 aromatic carbocycles. The lowest BCUT2D eigenvalue weighted by Gasteiger charge is -2.12. The monoisotopic (exact) mass is 234 g/mol. The van der Waals surface area contributed by atoms with E-state index in [1.807, 2.05) is 6.07 Å². The average Bonchev–Trinajstić information content (AvgIpc) is 2.58. The molecule has 1 aromatic heterocycles. The molecule has 0 atom stereocenters. The summed E-state index contributed by atoms with van der Waals surface area (Å²) in [4.78, 5) is 13.6. The summed E-state index contributed by atoms with van der Waals surface area (Å²) in [6, 6.07) is 6.97. The minimum Gasteiger partial charge on any atom is -0.362 e. The van der Waals surface area contributed by atoms with E-state index in [-0.39, 0.29) is 10.6 Å². The summed E-state index contributed by atoms with van der Waals surface area (Å²) in [7, 11) is -1.39. The lowest BCUT2D eigenvalue weighted by Crippen LogP contribution is -2.38. The number of aromatic amines is 1. The van der Waals surface area contributed by atoms with Crippen LogP contribution in [0.5, 0.6) is 0 Å². The summed E-state index contributed by atoms with van der Waals surface area (Å²) >= 11 is 0. The molecule has 16 heavy (non-hydrogen) atoms. The quantitative estimate of drug-likeness (QED) is 0.493. The minimum atomic E-state index is -1.39. The molecule has 0 saturated heterocycles. The second kappa shape index (κ2) is 3.45. The topological polar surface area (TPSA) is 58.9 Å². The fraction of sp³-hybridized carbons (Fsp3) is 0.273. The van der Waals surface area contributed by atoms with Crippen molar-refractivity contribution in [3.8, 4) is 0 Å². The van der Waals surface area contributed by atoms with Gasteiger partial charge in [0.05, 0.1) is 13.0 Å². The standard InChI is InChI=1S/C11H14N2O2Si/c1-16(2,3)11-7-8-6-9(13(14)15)4-5-10(8)12-11/h4-7,12H,1-3H3. The number of nitro groups is 1. The predicted octanol–water partition coefficient (Wildman–Crippen LogP) is 2.62. The van der Waals surface area contributed by atoms with Gasteiger partial charge in [0.25, 0.3) is 5.69 Å². The third-order valence-corrected chi connectivity index (χ3v) is 4.51. The van der Waals surface area contributed by atoms with Crippen molar-refractivity contribution in [2.24, 2.45) is 0 Å². The molecule has 1 N–H and O–H groups in total. The first-order chi connectivity index (χ1) is 7.38. The molecule has 0 aliphatic heterocycles. The lowest BCUT2D eigenvalue weighted by atomic mass is 10.2. The number of hydrogen-bond acceptors (Lipinski definition) is 2. The molecule has 0 unspecified atom stereocenters. The van der Waals surface area contributed by atoms with Crippen LogP contribution in [-0.2, 0) is 0 Å². The molecule has 2 aromatic rings. The predicted molar refractivity (Wildman–Crippen MR) is 67.9 cm³/mol. The van der Waals surface area contributed by atoms with Gasteiger partial charge in [0, 0.05) is 23.0 Å². The third kappa shape index (κ3) is 1.86. The van der Waals surface area contributed by atoms with Crippen molar-refractivity contribution in [1.82, 2.24) is 4.98 Å². The number of hydrogen-bond donors (Lipinski definition) is 1. The molecule has 2 rings (SSSR count). The van der Waals surface area contributed by atoms with Crippen molar-refractivity contribution in [2.75, 3.05) is 0 Å². The Morgan fingerprint density at radius 1 is 1.25 bits per heavy atom. The van der Waals surface area contributed by atoms with E-state index in [2.05, 4.69) is 24.6 Å². The van der Waals surface area contributed by atoms with E-state index in [0.29, 0.717) is 0 Å². The Kier molecular flexibility index (Phi) is 2.34. The molecule has 0 aliphatic rings. The van der Waals surface area contributed by atoms with Gasteiger partial charge in [-0.05, 0) is 17.4 Å². The van der Waals surface area contributed by atoms with Crippen molar-refractivity contribution in [3.05, 3.63) is 34.4 Å². The van der Waals surface area contributed by atoms with Crippen LogP contribution in [0.25, 0.3) is 10.9 Å². The van der Waals surface area contributed by atoms with E-state index >= 15 is 0 Å². The van der Waals surface area contributed by atoms with Crippen LogP contribution in [0.15, 0.2) is 24.3 Å². The van der Waals surface area contributed by atoms with Gasteiger partial charge in [-0.15, -0.1) is 0 Å². The van der Waals surface area contributed by atoms with Gasteiger partial charge in [0.2, 0.25) is 0 Å². The number of rotatable bonds is 2. The molecule has 0 aliphatic carbocycles. The van der Waals surface area contributed by atoms with E-state index in [0.717, 1.165) is 10.9 Å². The van der Waals surface area contributed by atoms with Crippen LogP contribution in [0.2, 0.25) is 19.6 Å². The van der Waals surface area contributed by atoms with Crippen molar-refractivity contribution >= 4 is 30.0 Å². The Morgan fingerprint density at radius 2 is 1.94 bits per heavy atom. The maximum Gasteiger partial charge on any atom is 0.270 e. The highest BCUT2D eigenvalue weighted by Crippen LogP contribution is 2.20. The maximum atomic E-state index is 10.7. The zero-order valence-corrected chi connectivity index (χ0v) is 10.6. The minimum absolute atomic E-state index is 0.147. The molecule has 0 radical (unpaired) electrons. The molecular formula is C11H14N2O2Si. The van der Waals surface area contributed by atoms with E-state index in [9.17, 15) is 10.1 Å². The van der Waals surface area contributed by atoms with E-state index in [4.69, 9.17) is 0 Å². The number of nitro benzene ring substituents is 1. The summed E-state index contributed by atoms with van der Waals surface area (Å²) in [5.41, 5.74) is 1.12. The number of benzene rings is 1. The summed E-state index contributed by atoms with van der Waals surface area (Å²) in [6.45, 7) is 6.73. The highest BCUT2D eigenvalue weighted by Gasteiger charge is 2.19. The van der Waals surface area contributed by atoms with Crippen LogP contribution in [0.1, 0.15) is 0 Å². The molecule has 0 amide bonds. The maximum absolute atomic E-state index is 10.7. The molecule has 0 fully saturated rings. The summed E-state index contributed by atoms with van der Waals surface area (Å²) in [5, 5.41) is 12.8. The zero-order valence-electron chi connectivity index (χ0n) is 9.57. The lowest BCUT2D eigenvalue weighted by molar-refractivity contribution is -0.384. The molecule has 0 bridgehead atoms. The van der Waals surface area contributed by atoms with Gasteiger partial charge >= 0.3 is 0 Å². The van der Waals surface area contributed by atoms with Crippen molar-refractivity contribution in [1.29, 1.82) is 0 Å². The Bertz CT molecular complexity index is 555. The largest absolute Gasteiger partial charge is 0.362 e. The Balaban J connectivity index is 2.59. The summed E-state index contributed by atoms with van der Waals surface area (Å²) in [6.07, 6.45) is 0. The number of non-ortho nitro benzene ring substituents is 1. The summed E-state index contributed by atoms with van der Waals surface area (Å²) < 4.78 is 0.